The number of aromatic nitrogens is 5. The van der Waals surface area contributed by atoms with Crippen molar-refractivity contribution >= 4 is 5.91 Å². The number of nitrogens with one attached hydrogen (secondary N) is 1. The Hall–Kier alpha value is -3.62. The number of H-pyrrole nitrogens is 1. The number of carbonyl (C=O) groups excluding carboxylic acids is 1. The largest absolute Gasteiger partial charge is 0.481 e. The molecule has 0 radical (unpaired) electrons. The predicted octanol–water partition coefficient (Wildman–Crippen LogP) is 1.61. The van der Waals surface area contributed by atoms with Gasteiger partial charge < -0.3 is 14.6 Å². The summed E-state index contributed by atoms with van der Waals surface area (Å²) in [5, 5.41) is 0. The second-order valence-corrected chi connectivity index (χ2v) is 6.32. The first-order chi connectivity index (χ1) is 13.7. The fraction of sp³-hybridized carbons (Fsp3) is 0.263. The van der Waals surface area contributed by atoms with Crippen LogP contribution in [0.2, 0.25) is 0 Å². The van der Waals surface area contributed by atoms with E-state index < -0.39 is 0 Å². The molecule has 4 rings (SSSR count). The van der Waals surface area contributed by atoms with Crippen molar-refractivity contribution < 1.29 is 9.53 Å². The van der Waals surface area contributed by atoms with E-state index in [-0.39, 0.29) is 23.2 Å². The topological polar surface area (TPSA) is 114 Å². The molecule has 0 aliphatic carbocycles. The first-order valence-electron chi connectivity index (χ1n) is 8.85. The number of nitrogens with zero attached hydrogens (tertiary/aromatic N) is 5. The molecule has 9 heteroatoms. The van der Waals surface area contributed by atoms with E-state index in [0.717, 1.165) is 6.42 Å². The Labute approximate surface area is 160 Å². The van der Waals surface area contributed by atoms with Crippen molar-refractivity contribution in [3.8, 4) is 17.1 Å². The van der Waals surface area contributed by atoms with E-state index in [1.165, 1.54) is 31.8 Å². The number of pyridine rings is 1. The van der Waals surface area contributed by atoms with Crippen molar-refractivity contribution in [2.45, 2.75) is 18.9 Å². The molecule has 1 N–H and O–H groups in total. The Kier molecular flexibility index (Phi) is 4.79. The van der Waals surface area contributed by atoms with Gasteiger partial charge in [0.2, 0.25) is 5.88 Å². The van der Waals surface area contributed by atoms with E-state index in [9.17, 15) is 9.59 Å². The molecule has 0 spiro atoms. The van der Waals surface area contributed by atoms with Crippen LogP contribution in [0.1, 0.15) is 35.2 Å². The summed E-state index contributed by atoms with van der Waals surface area (Å²) in [6, 6.07) is 4.59. The van der Waals surface area contributed by atoms with Gasteiger partial charge in [-0.3, -0.25) is 14.6 Å². The van der Waals surface area contributed by atoms with Crippen LogP contribution < -0.4 is 10.3 Å². The average Bonchev–Trinajstić information content (AvgIpc) is 3.23. The molecule has 142 valence electrons. The maximum Gasteiger partial charge on any atom is 0.274 e. The number of amides is 1. The number of likely N-dealkylation sites (tertiary alicyclic amines) is 1. The second kappa shape index (κ2) is 7.55. The molecule has 28 heavy (non-hydrogen) atoms. The third kappa shape index (κ3) is 3.34. The molecule has 3 aromatic heterocycles. The van der Waals surface area contributed by atoms with Crippen molar-refractivity contribution in [1.29, 1.82) is 0 Å². The quantitative estimate of drug-likeness (QED) is 0.733. The molecular weight excluding hydrogens is 360 g/mol. The van der Waals surface area contributed by atoms with Gasteiger partial charge in [-0.2, -0.15) is 0 Å². The number of hydrogen-bond acceptors (Lipinski definition) is 7. The Bertz CT molecular complexity index is 1050. The standard InChI is InChI=1S/C19H18N6O3/c1-28-18-12(4-2-6-22-18)13-10-16(26)24-17(23-13)15-5-3-9-25(15)19(27)14-11-20-7-8-21-14/h2,4,6-8,10-11,15H,3,5,9H2,1H3,(H,23,24,26)/t15-/m0/s1. The van der Waals surface area contributed by atoms with Gasteiger partial charge in [0.15, 0.2) is 0 Å². The third-order valence-electron chi connectivity index (χ3n) is 4.61. The lowest BCUT2D eigenvalue weighted by molar-refractivity contribution is 0.0723. The fourth-order valence-electron chi connectivity index (χ4n) is 3.37. The van der Waals surface area contributed by atoms with Crippen LogP contribution in [0.5, 0.6) is 5.88 Å². The second-order valence-electron chi connectivity index (χ2n) is 6.32. The van der Waals surface area contributed by atoms with E-state index in [2.05, 4.69) is 24.9 Å². The van der Waals surface area contributed by atoms with Crippen molar-refractivity contribution in [3.05, 3.63) is 64.9 Å². The van der Waals surface area contributed by atoms with Gasteiger partial charge in [0.25, 0.3) is 11.5 Å². The van der Waals surface area contributed by atoms with Crippen molar-refractivity contribution in [2.75, 3.05) is 13.7 Å². The van der Waals surface area contributed by atoms with Crippen molar-refractivity contribution in [3.63, 3.8) is 0 Å². The molecule has 1 saturated heterocycles. The van der Waals surface area contributed by atoms with E-state index in [0.29, 0.717) is 35.9 Å². The van der Waals surface area contributed by atoms with Crippen LogP contribution in [-0.2, 0) is 0 Å². The summed E-state index contributed by atoms with van der Waals surface area (Å²) in [5.74, 6) is 0.580. The van der Waals surface area contributed by atoms with Crippen LogP contribution in [0, 0.1) is 0 Å². The molecule has 3 aromatic rings. The zero-order valence-electron chi connectivity index (χ0n) is 15.2. The number of methoxy groups -OCH3 is 1. The molecule has 1 amide bonds. The molecule has 0 unspecified atom stereocenters. The van der Waals surface area contributed by atoms with Gasteiger partial charge in [0.05, 0.1) is 30.6 Å². The van der Waals surface area contributed by atoms with Crippen LogP contribution in [0.25, 0.3) is 11.3 Å². The number of carbonyl (C=O) groups is 1. The zero-order chi connectivity index (χ0) is 19.5. The van der Waals surface area contributed by atoms with Gasteiger partial charge in [-0.05, 0) is 25.0 Å². The maximum absolute atomic E-state index is 12.8. The van der Waals surface area contributed by atoms with Crippen LogP contribution in [-0.4, -0.2) is 49.4 Å². The normalized spacial score (nSPS) is 16.2. The summed E-state index contributed by atoms with van der Waals surface area (Å²) >= 11 is 0. The molecule has 9 nitrogen and oxygen atoms in total. The van der Waals surface area contributed by atoms with Gasteiger partial charge in [0, 0.05) is 31.2 Å². The minimum absolute atomic E-state index is 0.234. The Balaban J connectivity index is 1.72. The van der Waals surface area contributed by atoms with Crippen molar-refractivity contribution in [1.82, 2.24) is 29.8 Å². The van der Waals surface area contributed by atoms with Crippen LogP contribution in [0.3, 0.4) is 0 Å². The SMILES string of the molecule is COc1ncccc1-c1cc(=O)[nH]c([C@@H]2CCCN2C(=O)c2cnccn2)n1. The van der Waals surface area contributed by atoms with E-state index in [4.69, 9.17) is 4.74 Å². The highest BCUT2D eigenvalue weighted by Gasteiger charge is 2.33. The molecule has 0 saturated carbocycles. The highest BCUT2D eigenvalue weighted by atomic mass is 16.5. The Morgan fingerprint density at radius 1 is 1.29 bits per heavy atom. The van der Waals surface area contributed by atoms with Crippen LogP contribution in [0.4, 0.5) is 0 Å². The number of rotatable bonds is 4. The molecule has 1 atom stereocenters. The van der Waals surface area contributed by atoms with E-state index >= 15 is 0 Å². The summed E-state index contributed by atoms with van der Waals surface area (Å²) in [4.78, 5) is 46.4. The third-order valence-corrected chi connectivity index (χ3v) is 4.61. The van der Waals surface area contributed by atoms with Gasteiger partial charge in [-0.25, -0.2) is 15.0 Å². The summed E-state index contributed by atoms with van der Waals surface area (Å²) < 4.78 is 5.28. The first-order valence-corrected chi connectivity index (χ1v) is 8.85. The van der Waals surface area contributed by atoms with Gasteiger partial charge in [-0.1, -0.05) is 0 Å². The van der Waals surface area contributed by atoms with E-state index in [1.807, 2.05) is 0 Å². The van der Waals surface area contributed by atoms with Crippen LogP contribution in [0.15, 0.2) is 47.8 Å². The van der Waals surface area contributed by atoms with Gasteiger partial charge >= 0.3 is 0 Å². The fourth-order valence-corrected chi connectivity index (χ4v) is 3.37. The smallest absolute Gasteiger partial charge is 0.274 e. The molecule has 1 aliphatic heterocycles. The molecule has 1 fully saturated rings. The summed E-state index contributed by atoms with van der Waals surface area (Å²) in [6.45, 7) is 0.560. The summed E-state index contributed by atoms with van der Waals surface area (Å²) in [7, 11) is 1.51. The lowest BCUT2D eigenvalue weighted by Gasteiger charge is -2.23. The molecular formula is C19H18N6O3. The lowest BCUT2D eigenvalue weighted by Crippen LogP contribution is -2.33. The van der Waals surface area contributed by atoms with Crippen LogP contribution >= 0.6 is 0 Å². The monoisotopic (exact) mass is 378 g/mol. The highest BCUT2D eigenvalue weighted by Crippen LogP contribution is 2.32. The molecule has 0 bridgehead atoms. The number of hydrogen-bond donors (Lipinski definition) is 1. The molecule has 0 aromatic carbocycles. The Morgan fingerprint density at radius 2 is 2.18 bits per heavy atom. The Morgan fingerprint density at radius 3 is 2.96 bits per heavy atom. The number of ether oxygens (including phenoxy) is 1. The highest BCUT2D eigenvalue weighted by molar-refractivity contribution is 5.92. The van der Waals surface area contributed by atoms with Gasteiger partial charge in [0.1, 0.15) is 11.5 Å². The zero-order valence-corrected chi connectivity index (χ0v) is 15.2. The van der Waals surface area contributed by atoms with Gasteiger partial charge in [-0.15, -0.1) is 0 Å². The minimum atomic E-state index is -0.343. The van der Waals surface area contributed by atoms with E-state index in [1.54, 1.807) is 23.2 Å². The predicted molar refractivity (Wildman–Crippen MR) is 99.7 cm³/mol. The molecule has 4 heterocycles. The first kappa shape index (κ1) is 17.8. The maximum atomic E-state index is 12.8. The lowest BCUT2D eigenvalue weighted by atomic mass is 10.1. The number of aromatic amines is 1. The summed E-state index contributed by atoms with van der Waals surface area (Å²) in [6.07, 6.45) is 7.54. The summed E-state index contributed by atoms with van der Waals surface area (Å²) in [5.41, 5.74) is 1.02. The molecule has 1 aliphatic rings. The van der Waals surface area contributed by atoms with Crippen molar-refractivity contribution in [2.24, 2.45) is 0 Å². The minimum Gasteiger partial charge on any atom is -0.481 e. The average molecular weight is 378 g/mol.